The molecule has 0 bridgehead atoms. The highest BCUT2D eigenvalue weighted by molar-refractivity contribution is 6.62. The summed E-state index contributed by atoms with van der Waals surface area (Å²) in [5.74, 6) is 0.922. The molecule has 1 saturated heterocycles. The monoisotopic (exact) mass is 354 g/mol. The molecule has 3 rings (SSSR count). The van der Waals surface area contributed by atoms with Crippen molar-refractivity contribution in [1.29, 1.82) is 0 Å². The summed E-state index contributed by atoms with van der Waals surface area (Å²) in [5.41, 5.74) is 0.592. The van der Waals surface area contributed by atoms with Crippen LogP contribution in [0.2, 0.25) is 0 Å². The van der Waals surface area contributed by atoms with Gasteiger partial charge in [-0.05, 0) is 69.6 Å². The molecule has 0 atom stereocenters. The van der Waals surface area contributed by atoms with Gasteiger partial charge in [0, 0.05) is 0 Å². The summed E-state index contributed by atoms with van der Waals surface area (Å²) in [4.78, 5) is 11.5. The molecule has 5 nitrogen and oxygen atoms in total. The Kier molecular flexibility index (Phi) is 4.82. The molecule has 1 aliphatic heterocycles. The lowest BCUT2D eigenvalue weighted by Gasteiger charge is -2.32. The van der Waals surface area contributed by atoms with Gasteiger partial charge in [-0.15, -0.1) is 0 Å². The molecule has 0 spiro atoms. The summed E-state index contributed by atoms with van der Waals surface area (Å²) in [6, 6.07) is 14.4. The van der Waals surface area contributed by atoms with Gasteiger partial charge in [0.05, 0.1) is 23.9 Å². The van der Waals surface area contributed by atoms with Crippen LogP contribution in [0.5, 0.6) is 11.5 Å². The fourth-order valence-corrected chi connectivity index (χ4v) is 2.62. The van der Waals surface area contributed by atoms with Crippen molar-refractivity contribution in [2.24, 2.45) is 0 Å². The van der Waals surface area contributed by atoms with E-state index in [2.05, 4.69) is 0 Å². The van der Waals surface area contributed by atoms with E-state index in [1.807, 2.05) is 52.0 Å². The van der Waals surface area contributed by atoms with Gasteiger partial charge >= 0.3 is 13.1 Å². The third-order valence-electron chi connectivity index (χ3n) is 4.89. The second-order valence-electron chi connectivity index (χ2n) is 7.28. The fourth-order valence-electron chi connectivity index (χ4n) is 2.62. The van der Waals surface area contributed by atoms with Gasteiger partial charge in [-0.25, -0.2) is 4.79 Å². The van der Waals surface area contributed by atoms with Crippen LogP contribution in [-0.2, 0) is 14.0 Å². The lowest BCUT2D eigenvalue weighted by Crippen LogP contribution is -2.41. The lowest BCUT2D eigenvalue weighted by atomic mass is 9.79. The number of hydrogen-bond acceptors (Lipinski definition) is 5. The Morgan fingerprint density at radius 1 is 0.923 bits per heavy atom. The topological polar surface area (TPSA) is 54.0 Å². The van der Waals surface area contributed by atoms with E-state index >= 15 is 0 Å². The predicted molar refractivity (Wildman–Crippen MR) is 100 cm³/mol. The maximum atomic E-state index is 11.5. The molecule has 2 aromatic rings. The Labute approximate surface area is 154 Å². The number of rotatable bonds is 4. The van der Waals surface area contributed by atoms with Gasteiger partial charge in [0.1, 0.15) is 11.5 Å². The summed E-state index contributed by atoms with van der Waals surface area (Å²) in [6.07, 6.45) is 0. The summed E-state index contributed by atoms with van der Waals surface area (Å²) >= 11 is 0. The first-order valence-electron chi connectivity index (χ1n) is 8.54. The summed E-state index contributed by atoms with van der Waals surface area (Å²) in [7, 11) is 0.916. The van der Waals surface area contributed by atoms with Crippen molar-refractivity contribution in [3.8, 4) is 11.5 Å². The van der Waals surface area contributed by atoms with Gasteiger partial charge in [-0.1, -0.05) is 12.1 Å². The number of carbonyl (C=O) groups excluding carboxylic acids is 1. The third-order valence-corrected chi connectivity index (χ3v) is 4.89. The van der Waals surface area contributed by atoms with Gasteiger partial charge in [0.15, 0.2) is 0 Å². The zero-order chi connectivity index (χ0) is 18.9. The van der Waals surface area contributed by atoms with Crippen molar-refractivity contribution in [1.82, 2.24) is 0 Å². The predicted octanol–water partition coefficient (Wildman–Crippen LogP) is 3.56. The molecular weight excluding hydrogens is 331 g/mol. The third kappa shape index (κ3) is 3.62. The van der Waals surface area contributed by atoms with E-state index in [1.165, 1.54) is 7.11 Å². The van der Waals surface area contributed by atoms with E-state index in [-0.39, 0.29) is 5.97 Å². The molecule has 0 N–H and O–H groups in total. The van der Waals surface area contributed by atoms with Gasteiger partial charge < -0.3 is 18.8 Å². The number of hydrogen-bond donors (Lipinski definition) is 0. The van der Waals surface area contributed by atoms with E-state index in [9.17, 15) is 4.79 Å². The molecule has 26 heavy (non-hydrogen) atoms. The highest BCUT2D eigenvalue weighted by atomic mass is 16.7. The van der Waals surface area contributed by atoms with E-state index in [0.717, 1.165) is 5.46 Å². The molecule has 0 radical (unpaired) electrons. The summed E-state index contributed by atoms with van der Waals surface area (Å²) in [5, 5.41) is 0. The molecule has 1 heterocycles. The largest absolute Gasteiger partial charge is 0.494 e. The van der Waals surface area contributed by atoms with Crippen molar-refractivity contribution in [2.75, 3.05) is 7.11 Å². The SMILES string of the molecule is COC(=O)c1ccc(Oc2cccc(B3OC(C)(C)C(C)(C)O3)c2)cc1. The minimum absolute atomic E-state index is 0.376. The molecule has 6 heteroatoms. The van der Waals surface area contributed by atoms with Gasteiger partial charge in [-0.2, -0.15) is 0 Å². The first-order valence-corrected chi connectivity index (χ1v) is 8.54. The number of methoxy groups -OCH3 is 1. The molecular formula is C20H23BO5. The van der Waals surface area contributed by atoms with Crippen molar-refractivity contribution >= 4 is 18.6 Å². The van der Waals surface area contributed by atoms with E-state index < -0.39 is 18.3 Å². The van der Waals surface area contributed by atoms with Gasteiger partial charge in [0.25, 0.3) is 0 Å². The minimum Gasteiger partial charge on any atom is -0.465 e. The van der Waals surface area contributed by atoms with E-state index in [0.29, 0.717) is 17.1 Å². The first kappa shape index (κ1) is 18.5. The van der Waals surface area contributed by atoms with Crippen LogP contribution in [0.4, 0.5) is 0 Å². The van der Waals surface area contributed by atoms with E-state index in [4.69, 9.17) is 18.8 Å². The van der Waals surface area contributed by atoms with Crippen LogP contribution in [0.15, 0.2) is 48.5 Å². The van der Waals surface area contributed by atoms with Gasteiger partial charge in [-0.3, -0.25) is 0 Å². The normalized spacial score (nSPS) is 17.8. The molecule has 2 aromatic carbocycles. The fraction of sp³-hybridized carbons (Fsp3) is 0.350. The van der Waals surface area contributed by atoms with Crippen LogP contribution >= 0.6 is 0 Å². The Morgan fingerprint density at radius 2 is 1.54 bits per heavy atom. The molecule has 136 valence electrons. The van der Waals surface area contributed by atoms with Gasteiger partial charge in [0.2, 0.25) is 0 Å². The van der Waals surface area contributed by atoms with Crippen LogP contribution in [0.25, 0.3) is 0 Å². The first-order chi connectivity index (χ1) is 12.2. The molecule has 0 saturated carbocycles. The molecule has 0 amide bonds. The highest BCUT2D eigenvalue weighted by Gasteiger charge is 2.51. The van der Waals surface area contributed by atoms with Crippen molar-refractivity contribution in [3.63, 3.8) is 0 Å². The minimum atomic E-state index is -0.440. The summed E-state index contributed by atoms with van der Waals surface area (Å²) in [6.45, 7) is 8.10. The number of carbonyl (C=O) groups is 1. The average Bonchev–Trinajstić information content (AvgIpc) is 2.83. The smallest absolute Gasteiger partial charge is 0.465 e. The van der Waals surface area contributed by atoms with Crippen LogP contribution in [-0.4, -0.2) is 31.4 Å². The zero-order valence-electron chi connectivity index (χ0n) is 15.7. The Balaban J connectivity index is 1.75. The zero-order valence-corrected chi connectivity index (χ0v) is 15.7. The maximum Gasteiger partial charge on any atom is 0.494 e. The van der Waals surface area contributed by atoms with Crippen LogP contribution < -0.4 is 10.2 Å². The lowest BCUT2D eigenvalue weighted by molar-refractivity contribution is 0.00578. The number of esters is 1. The van der Waals surface area contributed by atoms with Crippen molar-refractivity contribution in [2.45, 2.75) is 38.9 Å². The average molecular weight is 354 g/mol. The second-order valence-corrected chi connectivity index (χ2v) is 7.28. The maximum absolute atomic E-state index is 11.5. The molecule has 0 aromatic heterocycles. The van der Waals surface area contributed by atoms with Crippen LogP contribution in [0.1, 0.15) is 38.1 Å². The number of ether oxygens (including phenoxy) is 2. The van der Waals surface area contributed by atoms with Crippen molar-refractivity contribution < 1.29 is 23.6 Å². The molecule has 1 fully saturated rings. The standard InChI is InChI=1S/C20H23BO5/c1-19(2)20(3,4)26-21(25-19)15-7-6-8-17(13-15)24-16-11-9-14(10-12-16)18(22)23-5/h6-13H,1-5H3. The number of benzene rings is 2. The highest BCUT2D eigenvalue weighted by Crippen LogP contribution is 2.36. The molecule has 0 aliphatic carbocycles. The molecule has 0 unspecified atom stereocenters. The van der Waals surface area contributed by atoms with Crippen LogP contribution in [0.3, 0.4) is 0 Å². The van der Waals surface area contributed by atoms with Crippen LogP contribution in [0, 0.1) is 0 Å². The summed E-state index contributed by atoms with van der Waals surface area (Å²) < 4.78 is 22.7. The van der Waals surface area contributed by atoms with E-state index in [1.54, 1.807) is 24.3 Å². The van der Waals surface area contributed by atoms with Crippen molar-refractivity contribution in [3.05, 3.63) is 54.1 Å². The Hall–Kier alpha value is -2.31. The molecule has 1 aliphatic rings. The Morgan fingerprint density at radius 3 is 2.12 bits per heavy atom. The quantitative estimate of drug-likeness (QED) is 0.621. The second kappa shape index (κ2) is 6.78. The Bertz CT molecular complexity index is 782.